The smallest absolute Gasteiger partial charge is 0.335 e. The molecule has 0 aliphatic rings. The fourth-order valence-corrected chi connectivity index (χ4v) is 1.63. The van der Waals surface area contributed by atoms with Gasteiger partial charge in [0, 0.05) is 6.54 Å². The number of amides is 2. The molecule has 110 valence electrons. The first-order valence-electron chi connectivity index (χ1n) is 5.30. The van der Waals surface area contributed by atoms with Crippen molar-refractivity contribution < 1.29 is 28.2 Å². The molecule has 0 saturated carbocycles. The second-order valence-corrected chi connectivity index (χ2v) is 5.52. The maximum Gasteiger partial charge on any atom is 0.335 e. The van der Waals surface area contributed by atoms with Gasteiger partial charge in [0.2, 0.25) is 10.0 Å². The first kappa shape index (κ1) is 15.7. The highest BCUT2D eigenvalue weighted by Crippen LogP contribution is 2.24. The standard InChI is InChI=1S/C10H13N3O6S/c11-20(18,19)4-3-12-10(17)13-7-2-1-6(9(15)16)5-8(7)14/h1-2,5,14H,3-4H2,(H,15,16)(H2,11,18,19)(H2,12,13,17). The maximum atomic E-state index is 11.4. The van der Waals surface area contributed by atoms with Crippen molar-refractivity contribution in [2.75, 3.05) is 17.6 Å². The van der Waals surface area contributed by atoms with Crippen LogP contribution < -0.4 is 15.8 Å². The Morgan fingerprint density at radius 3 is 2.45 bits per heavy atom. The third-order valence-electron chi connectivity index (χ3n) is 2.17. The zero-order chi connectivity index (χ0) is 15.3. The van der Waals surface area contributed by atoms with Crippen LogP contribution in [0.3, 0.4) is 0 Å². The summed E-state index contributed by atoms with van der Waals surface area (Å²) < 4.78 is 21.3. The highest BCUT2D eigenvalue weighted by Gasteiger charge is 2.10. The molecule has 0 atom stereocenters. The lowest BCUT2D eigenvalue weighted by atomic mass is 10.2. The number of phenolic OH excluding ortho intramolecular Hbond substituents is 1. The summed E-state index contributed by atoms with van der Waals surface area (Å²) in [4.78, 5) is 22.0. The molecule has 0 aliphatic carbocycles. The number of anilines is 1. The summed E-state index contributed by atoms with van der Waals surface area (Å²) >= 11 is 0. The van der Waals surface area contributed by atoms with Crippen molar-refractivity contribution in [3.63, 3.8) is 0 Å². The third-order valence-corrected chi connectivity index (χ3v) is 2.94. The number of nitrogens with two attached hydrogens (primary N) is 1. The number of benzene rings is 1. The Balaban J connectivity index is 2.60. The van der Waals surface area contributed by atoms with E-state index < -0.39 is 33.5 Å². The summed E-state index contributed by atoms with van der Waals surface area (Å²) in [6.07, 6.45) is 0. The number of rotatable bonds is 5. The van der Waals surface area contributed by atoms with Crippen molar-refractivity contribution in [2.24, 2.45) is 5.14 Å². The first-order chi connectivity index (χ1) is 9.19. The minimum absolute atomic E-state index is 0.0110. The number of urea groups is 1. The average Bonchev–Trinajstić information content (AvgIpc) is 2.29. The van der Waals surface area contributed by atoms with E-state index >= 15 is 0 Å². The van der Waals surface area contributed by atoms with Gasteiger partial charge in [0.1, 0.15) is 5.75 Å². The summed E-state index contributed by atoms with van der Waals surface area (Å²) in [5, 5.41) is 27.4. The van der Waals surface area contributed by atoms with Gasteiger partial charge in [-0.25, -0.2) is 23.1 Å². The van der Waals surface area contributed by atoms with Crippen LogP contribution in [0.4, 0.5) is 10.5 Å². The zero-order valence-electron chi connectivity index (χ0n) is 10.2. The summed E-state index contributed by atoms with van der Waals surface area (Å²) in [5.41, 5.74) is -0.147. The van der Waals surface area contributed by atoms with E-state index in [1.54, 1.807) is 0 Å². The Morgan fingerprint density at radius 2 is 1.95 bits per heavy atom. The normalized spacial score (nSPS) is 10.8. The number of hydrogen-bond acceptors (Lipinski definition) is 5. The molecule has 0 spiro atoms. The average molecular weight is 303 g/mol. The summed E-state index contributed by atoms with van der Waals surface area (Å²) in [7, 11) is -3.67. The SMILES string of the molecule is NS(=O)(=O)CCNC(=O)Nc1ccc(C(=O)O)cc1O. The van der Waals surface area contributed by atoms with Crippen molar-refractivity contribution in [2.45, 2.75) is 0 Å². The molecular formula is C10H13N3O6S. The molecule has 2 amide bonds. The summed E-state index contributed by atoms with van der Waals surface area (Å²) in [5.74, 6) is -2.07. The van der Waals surface area contributed by atoms with Crippen LogP contribution in [0.25, 0.3) is 0 Å². The molecular weight excluding hydrogens is 290 g/mol. The topological polar surface area (TPSA) is 159 Å². The number of aromatic hydroxyl groups is 1. The van der Waals surface area contributed by atoms with Gasteiger partial charge in [-0.15, -0.1) is 0 Å². The number of carbonyl (C=O) groups excluding carboxylic acids is 1. The molecule has 0 saturated heterocycles. The van der Waals surface area contributed by atoms with Crippen LogP contribution in [0.15, 0.2) is 18.2 Å². The molecule has 0 radical (unpaired) electrons. The van der Waals surface area contributed by atoms with Crippen molar-refractivity contribution in [1.82, 2.24) is 5.32 Å². The Bertz CT molecular complexity index is 628. The largest absolute Gasteiger partial charge is 0.506 e. The van der Waals surface area contributed by atoms with E-state index in [1.807, 2.05) is 0 Å². The number of hydrogen-bond donors (Lipinski definition) is 5. The fraction of sp³-hybridized carbons (Fsp3) is 0.200. The Morgan fingerprint density at radius 1 is 1.30 bits per heavy atom. The number of carboxylic acids is 1. The predicted molar refractivity (Wildman–Crippen MR) is 70.1 cm³/mol. The van der Waals surface area contributed by atoms with Crippen LogP contribution >= 0.6 is 0 Å². The fourth-order valence-electron chi connectivity index (χ4n) is 1.24. The number of primary sulfonamides is 1. The van der Waals surface area contributed by atoms with Gasteiger partial charge in [0.25, 0.3) is 0 Å². The van der Waals surface area contributed by atoms with E-state index in [9.17, 15) is 23.1 Å². The number of nitrogens with one attached hydrogen (secondary N) is 2. The molecule has 1 rings (SSSR count). The first-order valence-corrected chi connectivity index (χ1v) is 7.02. The lowest BCUT2D eigenvalue weighted by Crippen LogP contribution is -2.34. The number of carboxylic acid groups (broad SMARTS) is 1. The quantitative estimate of drug-likeness (QED) is 0.461. The number of sulfonamides is 1. The molecule has 0 fully saturated rings. The van der Waals surface area contributed by atoms with E-state index in [4.69, 9.17) is 10.2 Å². The second kappa shape index (κ2) is 6.21. The van der Waals surface area contributed by atoms with Gasteiger partial charge >= 0.3 is 12.0 Å². The van der Waals surface area contributed by atoms with E-state index in [0.717, 1.165) is 6.07 Å². The van der Waals surface area contributed by atoms with E-state index in [2.05, 4.69) is 10.6 Å². The Hall–Kier alpha value is -2.33. The Labute approximate surface area is 114 Å². The number of phenols is 1. The Kier molecular flexibility index (Phi) is 4.88. The number of carbonyl (C=O) groups is 2. The minimum atomic E-state index is -3.67. The molecule has 1 aromatic rings. The molecule has 0 unspecified atom stereocenters. The summed E-state index contributed by atoms with van der Waals surface area (Å²) in [6.45, 7) is -0.196. The third kappa shape index (κ3) is 5.12. The minimum Gasteiger partial charge on any atom is -0.506 e. The molecule has 0 heterocycles. The van der Waals surface area contributed by atoms with Crippen LogP contribution in [-0.4, -0.2) is 42.9 Å². The van der Waals surface area contributed by atoms with E-state index in [1.165, 1.54) is 12.1 Å². The molecule has 10 heteroatoms. The van der Waals surface area contributed by atoms with Crippen molar-refractivity contribution in [3.05, 3.63) is 23.8 Å². The highest BCUT2D eigenvalue weighted by atomic mass is 32.2. The van der Waals surface area contributed by atoms with Gasteiger partial charge < -0.3 is 20.8 Å². The van der Waals surface area contributed by atoms with Crippen LogP contribution in [0.2, 0.25) is 0 Å². The lowest BCUT2D eigenvalue weighted by Gasteiger charge is -2.09. The summed E-state index contributed by atoms with van der Waals surface area (Å²) in [6, 6.07) is 2.62. The van der Waals surface area contributed by atoms with Crippen LogP contribution in [-0.2, 0) is 10.0 Å². The van der Waals surface area contributed by atoms with Crippen LogP contribution in [0.1, 0.15) is 10.4 Å². The van der Waals surface area contributed by atoms with Gasteiger partial charge in [-0.1, -0.05) is 0 Å². The lowest BCUT2D eigenvalue weighted by molar-refractivity contribution is 0.0696. The molecule has 6 N–H and O–H groups in total. The molecule has 9 nitrogen and oxygen atoms in total. The van der Waals surface area contributed by atoms with Gasteiger partial charge in [0.05, 0.1) is 17.0 Å². The number of aromatic carboxylic acids is 1. The predicted octanol–water partition coefficient (Wildman–Crippen LogP) is -0.500. The van der Waals surface area contributed by atoms with Crippen molar-refractivity contribution in [3.8, 4) is 5.75 Å². The van der Waals surface area contributed by atoms with Gasteiger partial charge in [-0.3, -0.25) is 0 Å². The van der Waals surface area contributed by atoms with E-state index in [0.29, 0.717) is 0 Å². The van der Waals surface area contributed by atoms with Gasteiger partial charge in [-0.2, -0.15) is 0 Å². The van der Waals surface area contributed by atoms with Crippen molar-refractivity contribution in [1.29, 1.82) is 0 Å². The van der Waals surface area contributed by atoms with Crippen molar-refractivity contribution >= 4 is 27.7 Å². The maximum absolute atomic E-state index is 11.4. The monoisotopic (exact) mass is 303 g/mol. The second-order valence-electron chi connectivity index (χ2n) is 3.78. The van der Waals surface area contributed by atoms with Crippen LogP contribution in [0, 0.1) is 0 Å². The zero-order valence-corrected chi connectivity index (χ0v) is 11.0. The van der Waals surface area contributed by atoms with E-state index in [-0.39, 0.29) is 17.8 Å². The molecule has 0 bridgehead atoms. The molecule has 1 aromatic carbocycles. The van der Waals surface area contributed by atoms with Crippen LogP contribution in [0.5, 0.6) is 5.75 Å². The highest BCUT2D eigenvalue weighted by molar-refractivity contribution is 7.89. The molecule has 0 aliphatic heterocycles. The molecule has 20 heavy (non-hydrogen) atoms. The van der Waals surface area contributed by atoms with Gasteiger partial charge in [0.15, 0.2) is 0 Å². The van der Waals surface area contributed by atoms with Gasteiger partial charge in [-0.05, 0) is 18.2 Å². The molecule has 0 aromatic heterocycles.